The molecule has 0 aromatic carbocycles. The third-order valence-corrected chi connectivity index (χ3v) is 2.36. The third-order valence-electron chi connectivity index (χ3n) is 1.92. The van der Waals surface area contributed by atoms with E-state index in [2.05, 4.69) is 20.9 Å². The lowest BCUT2D eigenvalue weighted by atomic mass is 10.1. The van der Waals surface area contributed by atoms with Gasteiger partial charge in [0.2, 0.25) is 5.78 Å². The van der Waals surface area contributed by atoms with Crippen LogP contribution in [0.25, 0.3) is 0 Å². The molecule has 3 nitrogen and oxygen atoms in total. The largest absolute Gasteiger partial charge is 0.461 e. The van der Waals surface area contributed by atoms with Crippen molar-refractivity contribution in [1.29, 1.82) is 0 Å². The Kier molecular flexibility index (Phi) is 2.97. The molecule has 0 bridgehead atoms. The molecule has 76 valence electrons. The summed E-state index contributed by atoms with van der Waals surface area (Å²) in [6, 6.07) is 5.23. The molecule has 0 atom stereocenters. The number of ketones is 1. The smallest absolute Gasteiger partial charge is 0.202 e. The molecule has 0 aliphatic rings. The van der Waals surface area contributed by atoms with Gasteiger partial charge in [0.25, 0.3) is 0 Å². The Labute approximate surface area is 95.3 Å². The first kappa shape index (κ1) is 10.1. The number of rotatable bonds is 3. The van der Waals surface area contributed by atoms with Crippen LogP contribution in [-0.4, -0.2) is 10.8 Å². The maximum absolute atomic E-state index is 11.6. The van der Waals surface area contributed by atoms with Gasteiger partial charge in [0.05, 0.1) is 6.26 Å². The summed E-state index contributed by atoms with van der Waals surface area (Å²) in [6.07, 6.45) is 5.15. The van der Waals surface area contributed by atoms with Crippen molar-refractivity contribution in [3.05, 3.63) is 52.7 Å². The number of carbonyl (C=O) groups excluding carboxylic acids is 1. The summed E-state index contributed by atoms with van der Waals surface area (Å²) >= 11 is 3.30. The highest BCUT2D eigenvalue weighted by Crippen LogP contribution is 2.12. The molecular weight excluding hydrogens is 258 g/mol. The van der Waals surface area contributed by atoms with Crippen LogP contribution in [0, 0.1) is 0 Å². The van der Waals surface area contributed by atoms with Crippen molar-refractivity contribution < 1.29 is 9.21 Å². The lowest BCUT2D eigenvalue weighted by molar-refractivity contribution is 0.0966. The molecule has 4 heteroatoms. The highest BCUT2D eigenvalue weighted by atomic mass is 79.9. The number of hydrogen-bond donors (Lipinski definition) is 0. The van der Waals surface area contributed by atoms with Gasteiger partial charge in [0.1, 0.15) is 0 Å². The number of Topliss-reactive ketones (excluding diaryl/α,β-unsaturated/α-hetero) is 1. The Morgan fingerprint density at radius 3 is 3.00 bits per heavy atom. The first-order valence-corrected chi connectivity index (χ1v) is 5.21. The fourth-order valence-electron chi connectivity index (χ4n) is 1.26. The van der Waals surface area contributed by atoms with E-state index in [1.54, 1.807) is 24.5 Å². The normalized spacial score (nSPS) is 10.2. The van der Waals surface area contributed by atoms with E-state index in [1.807, 2.05) is 6.07 Å². The Bertz CT molecular complexity index is 465. The maximum atomic E-state index is 11.6. The number of hydrogen-bond acceptors (Lipinski definition) is 3. The van der Waals surface area contributed by atoms with Gasteiger partial charge in [-0.1, -0.05) is 0 Å². The average molecular weight is 266 g/mol. The fraction of sp³-hybridized carbons (Fsp3) is 0.0909. The lowest BCUT2D eigenvalue weighted by Gasteiger charge is -1.98. The third kappa shape index (κ3) is 2.53. The van der Waals surface area contributed by atoms with Gasteiger partial charge in [0, 0.05) is 23.3 Å². The second-order valence-electron chi connectivity index (χ2n) is 3.09. The summed E-state index contributed by atoms with van der Waals surface area (Å²) in [5, 5.41) is 0. The van der Waals surface area contributed by atoms with Crippen LogP contribution in [0.4, 0.5) is 0 Å². The minimum atomic E-state index is -0.0418. The highest BCUT2D eigenvalue weighted by Gasteiger charge is 2.09. The summed E-state index contributed by atoms with van der Waals surface area (Å²) in [4.78, 5) is 15.6. The molecule has 0 radical (unpaired) electrons. The van der Waals surface area contributed by atoms with E-state index in [9.17, 15) is 4.79 Å². The van der Waals surface area contributed by atoms with Crippen LogP contribution >= 0.6 is 15.9 Å². The number of aromatic nitrogens is 1. The zero-order valence-corrected chi connectivity index (χ0v) is 9.40. The van der Waals surface area contributed by atoms with Gasteiger partial charge < -0.3 is 4.42 Å². The van der Waals surface area contributed by atoms with Crippen molar-refractivity contribution in [3.8, 4) is 0 Å². The number of nitrogens with zero attached hydrogens (tertiary/aromatic N) is 1. The van der Waals surface area contributed by atoms with Gasteiger partial charge in [-0.05, 0) is 39.7 Å². The predicted octanol–water partition coefficient (Wildman–Crippen LogP) is 2.86. The first-order chi connectivity index (χ1) is 7.25. The summed E-state index contributed by atoms with van der Waals surface area (Å²) in [7, 11) is 0. The van der Waals surface area contributed by atoms with Gasteiger partial charge >= 0.3 is 0 Å². The predicted molar refractivity (Wildman–Crippen MR) is 58.7 cm³/mol. The molecule has 0 amide bonds. The minimum Gasteiger partial charge on any atom is -0.461 e. The summed E-state index contributed by atoms with van der Waals surface area (Å²) in [5.41, 5.74) is 0.866. The molecule has 2 aromatic rings. The van der Waals surface area contributed by atoms with Crippen LogP contribution in [0.5, 0.6) is 0 Å². The van der Waals surface area contributed by atoms with Gasteiger partial charge in [0.15, 0.2) is 5.76 Å². The van der Waals surface area contributed by atoms with Crippen molar-refractivity contribution in [1.82, 2.24) is 4.98 Å². The highest BCUT2D eigenvalue weighted by molar-refractivity contribution is 9.10. The van der Waals surface area contributed by atoms with Crippen LogP contribution in [0.3, 0.4) is 0 Å². The summed E-state index contributed by atoms with van der Waals surface area (Å²) in [6.45, 7) is 0. The second-order valence-corrected chi connectivity index (χ2v) is 4.00. The Morgan fingerprint density at radius 2 is 2.33 bits per heavy atom. The second kappa shape index (κ2) is 4.40. The van der Waals surface area contributed by atoms with E-state index in [1.165, 1.54) is 6.26 Å². The molecule has 2 rings (SSSR count). The molecule has 0 aliphatic heterocycles. The van der Waals surface area contributed by atoms with Crippen molar-refractivity contribution in [3.63, 3.8) is 0 Å². The van der Waals surface area contributed by atoms with Crippen molar-refractivity contribution in [2.24, 2.45) is 0 Å². The van der Waals surface area contributed by atoms with Crippen LogP contribution in [0.2, 0.25) is 0 Å². The standard InChI is InChI=1S/C11H8BrNO2/c12-9-4-8(6-13-7-9)5-10(14)11-2-1-3-15-11/h1-4,6-7H,5H2. The van der Waals surface area contributed by atoms with Gasteiger partial charge in [-0.3, -0.25) is 9.78 Å². The average Bonchev–Trinajstić information content (AvgIpc) is 2.70. The molecule has 0 saturated heterocycles. The van der Waals surface area contributed by atoms with Crippen LogP contribution in [-0.2, 0) is 6.42 Å². The Hall–Kier alpha value is -1.42. The topological polar surface area (TPSA) is 43.1 Å². The fourth-order valence-corrected chi connectivity index (χ4v) is 1.67. The molecule has 0 saturated carbocycles. The zero-order chi connectivity index (χ0) is 10.7. The van der Waals surface area contributed by atoms with Gasteiger partial charge in [-0.15, -0.1) is 0 Å². The van der Waals surface area contributed by atoms with E-state index in [-0.39, 0.29) is 5.78 Å². The number of pyridine rings is 1. The number of furan rings is 1. The summed E-state index contributed by atoms with van der Waals surface area (Å²) in [5.74, 6) is 0.342. The SMILES string of the molecule is O=C(Cc1cncc(Br)c1)c1ccco1. The van der Waals surface area contributed by atoms with Gasteiger partial charge in [-0.2, -0.15) is 0 Å². The van der Waals surface area contributed by atoms with E-state index >= 15 is 0 Å². The van der Waals surface area contributed by atoms with Crippen molar-refractivity contribution in [2.45, 2.75) is 6.42 Å². The molecule has 2 aromatic heterocycles. The monoisotopic (exact) mass is 265 g/mol. The molecule has 0 fully saturated rings. The molecule has 0 spiro atoms. The molecule has 0 aliphatic carbocycles. The number of halogens is 1. The summed E-state index contributed by atoms with van der Waals surface area (Å²) < 4.78 is 5.88. The van der Waals surface area contributed by atoms with Crippen molar-refractivity contribution >= 4 is 21.7 Å². The molecule has 0 unspecified atom stereocenters. The quantitative estimate of drug-likeness (QED) is 0.802. The zero-order valence-electron chi connectivity index (χ0n) is 7.81. The molecular formula is C11H8BrNO2. The molecule has 15 heavy (non-hydrogen) atoms. The van der Waals surface area contributed by atoms with E-state index in [0.717, 1.165) is 10.0 Å². The first-order valence-electron chi connectivity index (χ1n) is 4.42. The lowest BCUT2D eigenvalue weighted by Crippen LogP contribution is -2.02. The van der Waals surface area contributed by atoms with E-state index in [4.69, 9.17) is 4.42 Å². The van der Waals surface area contributed by atoms with Crippen LogP contribution in [0.15, 0.2) is 45.7 Å². The Balaban J connectivity index is 2.13. The van der Waals surface area contributed by atoms with Gasteiger partial charge in [-0.25, -0.2) is 0 Å². The van der Waals surface area contributed by atoms with E-state index in [0.29, 0.717) is 12.2 Å². The number of carbonyl (C=O) groups is 1. The molecule has 2 heterocycles. The van der Waals surface area contributed by atoms with Crippen molar-refractivity contribution in [2.75, 3.05) is 0 Å². The minimum absolute atomic E-state index is 0.0418. The Morgan fingerprint density at radius 1 is 1.47 bits per heavy atom. The van der Waals surface area contributed by atoms with Crippen LogP contribution < -0.4 is 0 Å². The van der Waals surface area contributed by atoms with Crippen LogP contribution in [0.1, 0.15) is 16.1 Å². The van der Waals surface area contributed by atoms with E-state index < -0.39 is 0 Å². The maximum Gasteiger partial charge on any atom is 0.202 e. The molecule has 0 N–H and O–H groups in total.